The molecule has 2 aromatic rings. The number of fused-ring (bicyclic) bond motifs is 1. The Hall–Kier alpha value is -1.91. The Morgan fingerprint density at radius 2 is 1.95 bits per heavy atom. The maximum atomic E-state index is 10.4. The highest BCUT2D eigenvalue weighted by Gasteiger charge is 2.19. The topological polar surface area (TPSA) is 58.9 Å². The van der Waals surface area contributed by atoms with Crippen molar-refractivity contribution >= 4 is 11.6 Å². The average Bonchev–Trinajstić information content (AvgIpc) is 2.47. The molecule has 1 aliphatic rings. The van der Waals surface area contributed by atoms with Crippen molar-refractivity contribution in [3.8, 4) is 17.2 Å². The molecule has 0 amide bonds. The van der Waals surface area contributed by atoms with E-state index >= 15 is 0 Å². The van der Waals surface area contributed by atoms with Crippen LogP contribution in [0.4, 0.5) is 0 Å². The molecule has 0 fully saturated rings. The maximum Gasteiger partial charge on any atom is 0.179 e. The second kappa shape index (κ2) is 5.84. The number of aliphatic hydroxyl groups is 1. The van der Waals surface area contributed by atoms with Gasteiger partial charge in [-0.3, -0.25) is 0 Å². The van der Waals surface area contributed by atoms with E-state index in [0.717, 1.165) is 5.56 Å². The van der Waals surface area contributed by atoms with E-state index in [1.165, 1.54) is 0 Å². The lowest BCUT2D eigenvalue weighted by molar-refractivity contribution is 0.164. The summed E-state index contributed by atoms with van der Waals surface area (Å²) in [6.45, 7) is 0.938. The van der Waals surface area contributed by atoms with E-state index in [0.29, 0.717) is 41.7 Å². The fourth-order valence-corrected chi connectivity index (χ4v) is 2.62. The minimum absolute atomic E-state index is 0.180. The van der Waals surface area contributed by atoms with Gasteiger partial charge in [-0.1, -0.05) is 23.7 Å². The highest BCUT2D eigenvalue weighted by atomic mass is 35.5. The zero-order valence-corrected chi connectivity index (χ0v) is 12.0. The van der Waals surface area contributed by atoms with Crippen LogP contribution in [0.25, 0.3) is 0 Å². The van der Waals surface area contributed by atoms with Crippen molar-refractivity contribution in [3.63, 3.8) is 0 Å². The predicted molar refractivity (Wildman–Crippen MR) is 79.2 cm³/mol. The van der Waals surface area contributed by atoms with Gasteiger partial charge in [-0.25, -0.2) is 0 Å². The molecule has 21 heavy (non-hydrogen) atoms. The van der Waals surface area contributed by atoms with Crippen molar-refractivity contribution in [2.75, 3.05) is 13.2 Å². The van der Waals surface area contributed by atoms with E-state index in [1.54, 1.807) is 30.3 Å². The van der Waals surface area contributed by atoms with Gasteiger partial charge in [-0.15, -0.1) is 0 Å². The molecule has 1 unspecified atom stereocenters. The lowest BCUT2D eigenvalue weighted by atomic mass is 10.0. The van der Waals surface area contributed by atoms with Crippen LogP contribution in [0.5, 0.6) is 17.2 Å². The highest BCUT2D eigenvalue weighted by molar-refractivity contribution is 6.32. The molecule has 2 N–H and O–H groups in total. The van der Waals surface area contributed by atoms with Crippen LogP contribution >= 0.6 is 11.6 Å². The second-order valence-electron chi connectivity index (χ2n) is 4.92. The van der Waals surface area contributed by atoms with E-state index in [-0.39, 0.29) is 5.75 Å². The van der Waals surface area contributed by atoms with E-state index < -0.39 is 6.10 Å². The third-order valence-corrected chi connectivity index (χ3v) is 3.62. The van der Waals surface area contributed by atoms with E-state index in [4.69, 9.17) is 21.1 Å². The fourth-order valence-electron chi connectivity index (χ4n) is 2.35. The van der Waals surface area contributed by atoms with Crippen molar-refractivity contribution < 1.29 is 19.7 Å². The van der Waals surface area contributed by atoms with Gasteiger partial charge in [0, 0.05) is 6.42 Å². The van der Waals surface area contributed by atoms with Crippen molar-refractivity contribution in [2.45, 2.75) is 12.5 Å². The molecular formula is C16H15ClO4. The smallest absolute Gasteiger partial charge is 0.179 e. The molecule has 3 rings (SSSR count). The number of benzene rings is 2. The number of aromatic hydroxyl groups is 1. The molecule has 110 valence electrons. The molecule has 0 bridgehead atoms. The summed E-state index contributed by atoms with van der Waals surface area (Å²) in [7, 11) is 0. The molecule has 1 heterocycles. The van der Waals surface area contributed by atoms with Gasteiger partial charge in [0.15, 0.2) is 11.5 Å². The molecule has 1 atom stereocenters. The molecule has 4 nitrogen and oxygen atoms in total. The summed E-state index contributed by atoms with van der Waals surface area (Å²) in [6.07, 6.45) is -0.357. The number of halogens is 1. The molecule has 0 aliphatic carbocycles. The largest absolute Gasteiger partial charge is 0.508 e. The minimum Gasteiger partial charge on any atom is -0.508 e. The Morgan fingerprint density at radius 3 is 2.76 bits per heavy atom. The first-order valence-electron chi connectivity index (χ1n) is 6.68. The lowest BCUT2D eigenvalue weighted by Gasteiger charge is -2.21. The van der Waals surface area contributed by atoms with Crippen LogP contribution in [-0.4, -0.2) is 23.4 Å². The second-order valence-corrected chi connectivity index (χ2v) is 5.32. The highest BCUT2D eigenvalue weighted by Crippen LogP contribution is 2.40. The molecule has 5 heteroatoms. The van der Waals surface area contributed by atoms with Crippen LogP contribution in [0.15, 0.2) is 36.4 Å². The number of rotatable bonds is 3. The Morgan fingerprint density at radius 1 is 1.14 bits per heavy atom. The molecule has 0 radical (unpaired) electrons. The van der Waals surface area contributed by atoms with Gasteiger partial charge in [0.25, 0.3) is 0 Å². The first-order chi connectivity index (χ1) is 10.1. The van der Waals surface area contributed by atoms with Crippen LogP contribution < -0.4 is 9.47 Å². The first-order valence-corrected chi connectivity index (χ1v) is 7.06. The van der Waals surface area contributed by atoms with E-state index in [9.17, 15) is 10.2 Å². The van der Waals surface area contributed by atoms with Gasteiger partial charge in [-0.2, -0.15) is 0 Å². The Kier molecular flexibility index (Phi) is 3.90. The number of phenolic OH excluding ortho intramolecular Hbond substituents is 1. The van der Waals surface area contributed by atoms with Gasteiger partial charge in [0.1, 0.15) is 19.0 Å². The SMILES string of the molecule is Oc1cccc(CC(O)c2cc(Cl)c3c(c2)OCCO3)c1. The number of aliphatic hydroxyl groups excluding tert-OH is 1. The first kappa shape index (κ1) is 14.0. The Bertz CT molecular complexity index is 657. The van der Waals surface area contributed by atoms with Gasteiger partial charge in [-0.05, 0) is 35.4 Å². The van der Waals surface area contributed by atoms with Crippen molar-refractivity contribution in [2.24, 2.45) is 0 Å². The third-order valence-electron chi connectivity index (χ3n) is 3.34. The summed E-state index contributed by atoms with van der Waals surface area (Å²) in [4.78, 5) is 0. The van der Waals surface area contributed by atoms with Crippen LogP contribution in [0, 0.1) is 0 Å². The number of hydrogen-bond acceptors (Lipinski definition) is 4. The van der Waals surface area contributed by atoms with Crippen LogP contribution in [0.2, 0.25) is 5.02 Å². The number of hydrogen-bond donors (Lipinski definition) is 2. The Labute approximate surface area is 127 Å². The Balaban J connectivity index is 1.84. The van der Waals surface area contributed by atoms with Crippen molar-refractivity contribution in [3.05, 3.63) is 52.5 Å². The molecule has 2 aromatic carbocycles. The van der Waals surface area contributed by atoms with Crippen molar-refractivity contribution in [1.29, 1.82) is 0 Å². The summed E-state index contributed by atoms with van der Waals surface area (Å²) in [5.74, 6) is 1.26. The fraction of sp³-hybridized carbons (Fsp3) is 0.250. The number of ether oxygens (including phenoxy) is 2. The third kappa shape index (κ3) is 3.06. The van der Waals surface area contributed by atoms with Gasteiger partial charge >= 0.3 is 0 Å². The summed E-state index contributed by atoms with van der Waals surface area (Å²) in [6, 6.07) is 10.2. The summed E-state index contributed by atoms with van der Waals surface area (Å²) < 4.78 is 11.0. The van der Waals surface area contributed by atoms with Crippen LogP contribution in [0.1, 0.15) is 17.2 Å². The zero-order chi connectivity index (χ0) is 14.8. The monoisotopic (exact) mass is 306 g/mol. The minimum atomic E-state index is -0.736. The molecule has 0 saturated carbocycles. The molecule has 1 aliphatic heterocycles. The average molecular weight is 307 g/mol. The van der Waals surface area contributed by atoms with Crippen molar-refractivity contribution in [1.82, 2.24) is 0 Å². The summed E-state index contributed by atoms with van der Waals surface area (Å²) in [5.41, 5.74) is 1.50. The van der Waals surface area contributed by atoms with Crippen LogP contribution in [-0.2, 0) is 6.42 Å². The number of phenols is 1. The van der Waals surface area contributed by atoms with E-state index in [1.807, 2.05) is 6.07 Å². The molecular weight excluding hydrogens is 292 g/mol. The van der Waals surface area contributed by atoms with E-state index in [2.05, 4.69) is 0 Å². The quantitative estimate of drug-likeness (QED) is 0.915. The maximum absolute atomic E-state index is 10.4. The van der Waals surface area contributed by atoms with Crippen LogP contribution in [0.3, 0.4) is 0 Å². The molecule has 0 aromatic heterocycles. The lowest BCUT2D eigenvalue weighted by Crippen LogP contribution is -2.16. The normalized spacial score (nSPS) is 14.8. The zero-order valence-electron chi connectivity index (χ0n) is 11.3. The summed E-state index contributed by atoms with van der Waals surface area (Å²) in [5, 5.41) is 20.2. The van der Waals surface area contributed by atoms with Gasteiger partial charge in [0.05, 0.1) is 11.1 Å². The van der Waals surface area contributed by atoms with Gasteiger partial charge in [0.2, 0.25) is 0 Å². The standard InChI is InChI=1S/C16H15ClO4/c17-13-8-11(9-15-16(13)21-5-4-20-15)14(19)7-10-2-1-3-12(18)6-10/h1-3,6,8-9,14,18-19H,4-5,7H2. The molecule has 0 spiro atoms. The molecule has 0 saturated heterocycles. The predicted octanol–water partition coefficient (Wildman–Crippen LogP) is 3.09. The summed E-state index contributed by atoms with van der Waals surface area (Å²) >= 11 is 6.16. The van der Waals surface area contributed by atoms with Gasteiger partial charge < -0.3 is 19.7 Å².